The summed E-state index contributed by atoms with van der Waals surface area (Å²) < 4.78 is 5.34. The first-order valence-corrected chi connectivity index (χ1v) is 5.89. The fourth-order valence-electron chi connectivity index (χ4n) is 3.12. The Labute approximate surface area is 99.8 Å². The highest BCUT2D eigenvalue weighted by molar-refractivity contribution is 5.82. The lowest BCUT2D eigenvalue weighted by atomic mass is 10.1. The molecule has 17 heavy (non-hydrogen) atoms. The summed E-state index contributed by atoms with van der Waals surface area (Å²) in [5.41, 5.74) is 2.20. The Morgan fingerprint density at radius 1 is 1.47 bits per heavy atom. The van der Waals surface area contributed by atoms with Crippen molar-refractivity contribution in [1.29, 1.82) is 0 Å². The number of benzene rings is 1. The van der Waals surface area contributed by atoms with E-state index in [2.05, 4.69) is 4.90 Å². The van der Waals surface area contributed by atoms with Gasteiger partial charge in [0.2, 0.25) is 0 Å². The largest absolute Gasteiger partial charge is 0.496 e. The van der Waals surface area contributed by atoms with Gasteiger partial charge in [-0.2, -0.15) is 0 Å². The maximum Gasteiger partial charge on any atom is 0.326 e. The molecule has 0 amide bonds. The van der Waals surface area contributed by atoms with Crippen molar-refractivity contribution >= 4 is 11.7 Å². The van der Waals surface area contributed by atoms with Crippen LogP contribution in [0.25, 0.3) is 0 Å². The third-order valence-electron chi connectivity index (χ3n) is 3.83. The van der Waals surface area contributed by atoms with E-state index in [1.165, 1.54) is 0 Å². The molecular weight excluding hydrogens is 218 g/mol. The Hall–Kier alpha value is -1.71. The van der Waals surface area contributed by atoms with E-state index in [-0.39, 0.29) is 6.04 Å². The van der Waals surface area contributed by atoms with Gasteiger partial charge in [0.15, 0.2) is 0 Å². The van der Waals surface area contributed by atoms with Crippen LogP contribution in [0, 0.1) is 0 Å². The minimum absolute atomic E-state index is 0.336. The third-order valence-corrected chi connectivity index (χ3v) is 3.83. The molecule has 2 unspecified atom stereocenters. The standard InChI is InChI=1S/C13H15NO3/c1-17-12-4-2-3-10-9(12)7-8-5-6-11(13(15)16)14(8)10/h2-4,8,11H,5-7H2,1H3,(H,15,16). The minimum atomic E-state index is -0.719. The molecule has 2 aliphatic heterocycles. The number of carbonyl (C=O) groups is 1. The van der Waals surface area contributed by atoms with Gasteiger partial charge in [-0.1, -0.05) is 6.07 Å². The molecule has 3 rings (SSSR count). The van der Waals surface area contributed by atoms with Gasteiger partial charge in [0.25, 0.3) is 0 Å². The van der Waals surface area contributed by atoms with Crippen molar-refractivity contribution in [3.8, 4) is 5.75 Å². The highest BCUT2D eigenvalue weighted by Crippen LogP contribution is 2.44. The summed E-state index contributed by atoms with van der Waals surface area (Å²) in [6.45, 7) is 0. The van der Waals surface area contributed by atoms with Crippen LogP contribution in [-0.2, 0) is 11.2 Å². The molecule has 2 aliphatic rings. The SMILES string of the molecule is COc1cccc2c1CC1CCC(C(=O)O)N21. The number of carboxylic acid groups (broad SMARTS) is 1. The van der Waals surface area contributed by atoms with E-state index in [4.69, 9.17) is 4.74 Å². The Bertz CT molecular complexity index is 472. The summed E-state index contributed by atoms with van der Waals surface area (Å²) >= 11 is 0. The maximum atomic E-state index is 11.2. The van der Waals surface area contributed by atoms with E-state index < -0.39 is 5.97 Å². The number of rotatable bonds is 2. The molecule has 4 heteroatoms. The number of methoxy groups -OCH3 is 1. The first-order valence-electron chi connectivity index (χ1n) is 5.89. The summed E-state index contributed by atoms with van der Waals surface area (Å²) in [7, 11) is 1.66. The summed E-state index contributed by atoms with van der Waals surface area (Å²) in [5, 5.41) is 9.24. The third kappa shape index (κ3) is 1.40. The second-order valence-corrected chi connectivity index (χ2v) is 4.65. The van der Waals surface area contributed by atoms with Crippen molar-refractivity contribution in [1.82, 2.24) is 0 Å². The van der Waals surface area contributed by atoms with Gasteiger partial charge in [-0.05, 0) is 31.4 Å². The predicted octanol–water partition coefficient (Wildman–Crippen LogP) is 1.67. The Morgan fingerprint density at radius 3 is 3.00 bits per heavy atom. The lowest BCUT2D eigenvalue weighted by molar-refractivity contribution is -0.138. The lowest BCUT2D eigenvalue weighted by Gasteiger charge is -2.24. The van der Waals surface area contributed by atoms with E-state index in [0.29, 0.717) is 6.04 Å². The van der Waals surface area contributed by atoms with Crippen molar-refractivity contribution < 1.29 is 14.6 Å². The number of fused-ring (bicyclic) bond motifs is 3. The minimum Gasteiger partial charge on any atom is -0.496 e. The zero-order valence-electron chi connectivity index (χ0n) is 9.72. The average Bonchev–Trinajstić information content (AvgIpc) is 2.86. The number of hydrogen-bond donors (Lipinski definition) is 1. The van der Waals surface area contributed by atoms with Crippen molar-refractivity contribution in [2.45, 2.75) is 31.3 Å². The second-order valence-electron chi connectivity index (χ2n) is 4.65. The summed E-state index contributed by atoms with van der Waals surface area (Å²) in [6.07, 6.45) is 2.61. The lowest BCUT2D eigenvalue weighted by Crippen LogP contribution is -2.38. The molecule has 0 bridgehead atoms. The smallest absolute Gasteiger partial charge is 0.326 e. The summed E-state index contributed by atoms with van der Waals surface area (Å²) in [4.78, 5) is 13.3. The van der Waals surface area contributed by atoms with Crippen LogP contribution in [0.5, 0.6) is 5.75 Å². The average molecular weight is 233 g/mol. The van der Waals surface area contributed by atoms with E-state index in [9.17, 15) is 9.90 Å². The topological polar surface area (TPSA) is 49.8 Å². The highest BCUT2D eigenvalue weighted by Gasteiger charge is 2.43. The zero-order valence-corrected chi connectivity index (χ0v) is 9.72. The van der Waals surface area contributed by atoms with Gasteiger partial charge >= 0.3 is 5.97 Å². The van der Waals surface area contributed by atoms with E-state index in [1.54, 1.807) is 7.11 Å². The van der Waals surface area contributed by atoms with Gasteiger partial charge < -0.3 is 14.7 Å². The maximum absolute atomic E-state index is 11.2. The number of aliphatic carboxylic acids is 1. The molecule has 0 spiro atoms. The fraction of sp³-hybridized carbons (Fsp3) is 0.462. The zero-order chi connectivity index (χ0) is 12.0. The van der Waals surface area contributed by atoms with Crippen LogP contribution >= 0.6 is 0 Å². The van der Waals surface area contributed by atoms with Crippen LogP contribution in [0.2, 0.25) is 0 Å². The number of nitrogens with zero attached hydrogens (tertiary/aromatic N) is 1. The molecule has 0 radical (unpaired) electrons. The fourth-order valence-corrected chi connectivity index (χ4v) is 3.12. The Kier molecular flexibility index (Phi) is 2.24. The molecule has 0 aliphatic carbocycles. The van der Waals surface area contributed by atoms with Crippen LogP contribution in [0.1, 0.15) is 18.4 Å². The van der Waals surface area contributed by atoms with Crippen LogP contribution in [0.4, 0.5) is 5.69 Å². The van der Waals surface area contributed by atoms with Crippen molar-refractivity contribution in [2.75, 3.05) is 12.0 Å². The molecule has 1 saturated heterocycles. The number of hydrogen-bond acceptors (Lipinski definition) is 3. The quantitative estimate of drug-likeness (QED) is 0.844. The van der Waals surface area contributed by atoms with Gasteiger partial charge in [0.1, 0.15) is 11.8 Å². The van der Waals surface area contributed by atoms with Crippen LogP contribution in [0.3, 0.4) is 0 Å². The Morgan fingerprint density at radius 2 is 2.29 bits per heavy atom. The van der Waals surface area contributed by atoms with E-state index in [1.807, 2.05) is 18.2 Å². The molecular formula is C13H15NO3. The summed E-state index contributed by atoms with van der Waals surface area (Å²) in [6, 6.07) is 5.84. The molecule has 1 N–H and O–H groups in total. The van der Waals surface area contributed by atoms with E-state index >= 15 is 0 Å². The number of carboxylic acids is 1. The van der Waals surface area contributed by atoms with Crippen LogP contribution in [-0.4, -0.2) is 30.3 Å². The molecule has 1 aromatic rings. The number of ether oxygens (including phenoxy) is 1. The summed E-state index contributed by atoms with van der Waals surface area (Å²) in [5.74, 6) is 0.157. The molecule has 90 valence electrons. The normalized spacial score (nSPS) is 25.6. The predicted molar refractivity (Wildman–Crippen MR) is 63.6 cm³/mol. The molecule has 1 aromatic carbocycles. The van der Waals surface area contributed by atoms with Crippen molar-refractivity contribution in [3.63, 3.8) is 0 Å². The molecule has 0 aromatic heterocycles. The van der Waals surface area contributed by atoms with Gasteiger partial charge in [0, 0.05) is 17.3 Å². The molecule has 2 heterocycles. The molecule has 1 fully saturated rings. The van der Waals surface area contributed by atoms with Crippen LogP contribution < -0.4 is 9.64 Å². The monoisotopic (exact) mass is 233 g/mol. The van der Waals surface area contributed by atoms with Gasteiger partial charge in [-0.15, -0.1) is 0 Å². The van der Waals surface area contributed by atoms with Gasteiger partial charge in [-0.3, -0.25) is 0 Å². The molecule has 0 saturated carbocycles. The van der Waals surface area contributed by atoms with Crippen LogP contribution in [0.15, 0.2) is 18.2 Å². The second kappa shape index (κ2) is 3.65. The van der Waals surface area contributed by atoms with E-state index in [0.717, 1.165) is 36.3 Å². The highest BCUT2D eigenvalue weighted by atomic mass is 16.5. The first kappa shape index (κ1) is 10.4. The first-order chi connectivity index (χ1) is 8.22. The van der Waals surface area contributed by atoms with Crippen molar-refractivity contribution in [2.24, 2.45) is 0 Å². The number of anilines is 1. The van der Waals surface area contributed by atoms with Gasteiger partial charge in [0.05, 0.1) is 7.11 Å². The van der Waals surface area contributed by atoms with Gasteiger partial charge in [-0.25, -0.2) is 4.79 Å². The van der Waals surface area contributed by atoms with Crippen molar-refractivity contribution in [3.05, 3.63) is 23.8 Å². The Balaban J connectivity index is 2.05. The molecule has 2 atom stereocenters. The molecule has 4 nitrogen and oxygen atoms in total.